The molecule has 1 heterocycles. The molecule has 1 aromatic carbocycles. The van der Waals surface area contributed by atoms with Crippen LogP contribution >= 0.6 is 0 Å². The van der Waals surface area contributed by atoms with Crippen LogP contribution in [0.3, 0.4) is 0 Å². The van der Waals surface area contributed by atoms with Gasteiger partial charge in [-0.05, 0) is 50.2 Å². The number of hydrogen-bond acceptors (Lipinski definition) is 8. The second kappa shape index (κ2) is 49.5. The number of unbranched alkanes of at least 4 members (excludes halogenated alkanes) is 28. The lowest BCUT2D eigenvalue weighted by molar-refractivity contribution is -0.145. The van der Waals surface area contributed by atoms with E-state index in [4.69, 9.17) is 0 Å². The van der Waals surface area contributed by atoms with Gasteiger partial charge in [-0.25, -0.2) is 0 Å². The Labute approximate surface area is 475 Å². The van der Waals surface area contributed by atoms with Crippen molar-refractivity contribution in [1.29, 1.82) is 0 Å². The van der Waals surface area contributed by atoms with Crippen molar-refractivity contribution < 1.29 is 35.1 Å². The number of aromatic nitrogens is 1. The zero-order chi connectivity index (χ0) is 56.2. The van der Waals surface area contributed by atoms with Gasteiger partial charge in [0.2, 0.25) is 0 Å². The molecular weight excluding hydrogens is 959 g/mol. The van der Waals surface area contributed by atoms with Gasteiger partial charge in [-0.3, -0.25) is 19.4 Å². The Balaban J connectivity index is 0.00000152. The lowest BCUT2D eigenvalue weighted by Crippen LogP contribution is -2.50. The van der Waals surface area contributed by atoms with E-state index in [1.165, 1.54) is 167 Å². The van der Waals surface area contributed by atoms with Gasteiger partial charge in [0.15, 0.2) is 0 Å². The number of benzene rings is 1. The summed E-state index contributed by atoms with van der Waals surface area (Å²) in [5.41, 5.74) is 1.94. The molecule has 7 atom stereocenters. The predicted molar refractivity (Wildman–Crippen MR) is 330 cm³/mol. The van der Waals surface area contributed by atoms with Gasteiger partial charge in [-0.1, -0.05) is 280 Å². The molecule has 10 heteroatoms. The number of ketones is 1. The second-order valence-electron chi connectivity index (χ2n) is 23.7. The first-order valence-corrected chi connectivity index (χ1v) is 32.2. The Morgan fingerprint density at radius 3 is 1.03 bits per heavy atom. The summed E-state index contributed by atoms with van der Waals surface area (Å²) in [5, 5.41) is 55.0. The van der Waals surface area contributed by atoms with Crippen LogP contribution in [0.4, 0.5) is 0 Å². The molecule has 0 spiro atoms. The molecule has 1 aromatic heterocycles. The number of aliphatic carboxylic acids is 1. The number of rotatable bonds is 51. The summed E-state index contributed by atoms with van der Waals surface area (Å²) >= 11 is 0. The van der Waals surface area contributed by atoms with Crippen molar-refractivity contribution in [3.05, 3.63) is 36.0 Å². The van der Waals surface area contributed by atoms with Gasteiger partial charge in [0.1, 0.15) is 11.8 Å². The van der Waals surface area contributed by atoms with Gasteiger partial charge in [-0.15, -0.1) is 0 Å². The van der Waals surface area contributed by atoms with E-state index in [9.17, 15) is 35.1 Å². The van der Waals surface area contributed by atoms with E-state index < -0.39 is 36.4 Å². The Morgan fingerprint density at radius 1 is 0.455 bits per heavy atom. The van der Waals surface area contributed by atoms with Crippen LogP contribution < -0.4 is 0 Å². The van der Waals surface area contributed by atoms with E-state index in [0.717, 1.165) is 67.8 Å². The first-order chi connectivity index (χ1) is 36.7. The van der Waals surface area contributed by atoms with Crippen LogP contribution in [0.2, 0.25) is 0 Å². The maximum absolute atomic E-state index is 12.8. The number of para-hydroxylation sites is 1. The Kier molecular flexibility index (Phi) is 48.0. The van der Waals surface area contributed by atoms with Crippen molar-refractivity contribution in [3.63, 3.8) is 0 Å². The molecule has 10 nitrogen and oxygen atoms in total. The smallest absolute Gasteiger partial charge is 0.321 e. The number of carbonyl (C=O) groups excluding carboxylic acids is 1. The predicted octanol–water partition coefficient (Wildman–Crippen LogP) is 17.1. The van der Waals surface area contributed by atoms with Gasteiger partial charge in [-0.2, -0.15) is 0 Å². The summed E-state index contributed by atoms with van der Waals surface area (Å²) in [5.74, 6) is -0.924. The number of hydrogen-bond donors (Lipinski definition) is 6. The first kappa shape index (κ1) is 74.7. The van der Waals surface area contributed by atoms with E-state index in [1.807, 2.05) is 42.3 Å². The SMILES string of the molecule is C.CCCCCCCCCCC(O)CN(CC(O)CCCCCCCCCC)C(C(=O)O)C(C)c1c[nH]c2ccccc12.CCCCCCCCCCC(O)CN(CC(O)CCCCCCCCCC)C(C(C)=O)C(C)C. The Hall–Kier alpha value is -2.34. The van der Waals surface area contributed by atoms with Crippen molar-refractivity contribution >= 4 is 22.7 Å². The molecule has 0 amide bonds. The summed E-state index contributed by atoms with van der Waals surface area (Å²) in [4.78, 5) is 32.4. The molecule has 0 aliphatic heterocycles. The monoisotopic (exact) mass is 1090 g/mol. The van der Waals surface area contributed by atoms with Crippen LogP contribution in [0.25, 0.3) is 10.9 Å². The molecule has 0 bridgehead atoms. The normalized spacial score (nSPS) is 14.5. The highest BCUT2D eigenvalue weighted by Crippen LogP contribution is 2.31. The van der Waals surface area contributed by atoms with Gasteiger partial charge >= 0.3 is 5.97 Å². The molecule has 0 aliphatic rings. The van der Waals surface area contributed by atoms with E-state index in [2.05, 4.69) is 51.4 Å². The topological polar surface area (TPSA) is 158 Å². The molecule has 2 rings (SSSR count). The highest BCUT2D eigenvalue weighted by molar-refractivity contribution is 5.85. The molecule has 77 heavy (non-hydrogen) atoms. The lowest BCUT2D eigenvalue weighted by Gasteiger charge is -2.35. The highest BCUT2D eigenvalue weighted by atomic mass is 16.4. The number of H-pyrrole nitrogens is 1. The highest BCUT2D eigenvalue weighted by Gasteiger charge is 2.35. The average Bonchev–Trinajstić information content (AvgIpc) is 3.81. The van der Waals surface area contributed by atoms with Crippen molar-refractivity contribution in [2.75, 3.05) is 26.2 Å². The number of carboxylic acids is 1. The average molecular weight is 1090 g/mol. The maximum Gasteiger partial charge on any atom is 0.321 e. The fourth-order valence-electron chi connectivity index (χ4n) is 11.6. The number of carbonyl (C=O) groups is 2. The molecule has 452 valence electrons. The number of Topliss-reactive ketones (excluding diaryl/α,β-unsaturated/α-hetero) is 1. The van der Waals surface area contributed by atoms with E-state index >= 15 is 0 Å². The summed E-state index contributed by atoms with van der Waals surface area (Å²) in [6.07, 6.45) is 42.1. The third-order valence-corrected chi connectivity index (χ3v) is 16.0. The molecule has 6 N–H and O–H groups in total. The first-order valence-electron chi connectivity index (χ1n) is 32.2. The van der Waals surface area contributed by atoms with Gasteiger partial charge in [0, 0.05) is 49.2 Å². The van der Waals surface area contributed by atoms with Crippen molar-refractivity contribution in [1.82, 2.24) is 14.8 Å². The minimum atomic E-state index is -0.911. The van der Waals surface area contributed by atoms with E-state index in [1.54, 1.807) is 6.92 Å². The Bertz CT molecular complexity index is 1580. The standard InChI is InChI=1S/C36H62N2O4.C30H61NO3.CH4/c1-4-6-8-10-12-14-16-18-22-30(39)27-38(28-31(40)23-19-17-15-13-11-9-7-5-2)35(36(41)42)29(3)33-26-37-34-25-21-20-24-32(33)34;1-6-8-10-12-14-16-18-20-22-28(33)24-31(30(26(3)4)27(5)32)25-29(34)23-21-19-17-15-13-11-9-7-2;/h20-21,24-26,29-31,35,37,39-40H,4-19,22-23,27-28H2,1-3H3,(H,41,42);26,28-30,33-34H,6-25H2,1-5H3;1H4. The van der Waals surface area contributed by atoms with Crippen LogP contribution in [0.15, 0.2) is 30.5 Å². The lowest BCUT2D eigenvalue weighted by atomic mass is 9.91. The van der Waals surface area contributed by atoms with Crippen LogP contribution in [-0.4, -0.2) is 115 Å². The molecule has 2 aromatic rings. The molecule has 0 aliphatic carbocycles. The van der Waals surface area contributed by atoms with Gasteiger partial charge in [0.25, 0.3) is 0 Å². The fraction of sp³-hybridized carbons (Fsp3) is 0.851. The molecule has 7 unspecified atom stereocenters. The van der Waals surface area contributed by atoms with Crippen molar-refractivity contribution in [2.24, 2.45) is 5.92 Å². The number of aliphatic hydroxyl groups is 4. The number of nitrogens with one attached hydrogen (secondary N) is 1. The minimum absolute atomic E-state index is 0. The third kappa shape index (κ3) is 36.6. The van der Waals surface area contributed by atoms with Gasteiger partial charge < -0.3 is 30.5 Å². The molecule has 0 saturated heterocycles. The van der Waals surface area contributed by atoms with Crippen LogP contribution in [-0.2, 0) is 9.59 Å². The number of carboxylic acid groups (broad SMARTS) is 1. The number of aromatic amines is 1. The Morgan fingerprint density at radius 2 is 0.740 bits per heavy atom. The summed E-state index contributed by atoms with van der Waals surface area (Å²) in [7, 11) is 0. The quantitative estimate of drug-likeness (QED) is 0.0355. The second-order valence-corrected chi connectivity index (χ2v) is 23.7. The third-order valence-electron chi connectivity index (χ3n) is 16.0. The molecular formula is C67H127N3O7. The summed E-state index contributed by atoms with van der Waals surface area (Å²) < 4.78 is 0. The summed E-state index contributed by atoms with van der Waals surface area (Å²) in [6.45, 7) is 18.2. The zero-order valence-corrected chi connectivity index (χ0v) is 50.7. The van der Waals surface area contributed by atoms with Crippen LogP contribution in [0, 0.1) is 5.92 Å². The largest absolute Gasteiger partial charge is 0.480 e. The number of fused-ring (bicyclic) bond motifs is 1. The molecule has 0 fully saturated rings. The van der Waals surface area contributed by atoms with E-state index in [0.29, 0.717) is 25.9 Å². The van der Waals surface area contributed by atoms with Crippen LogP contribution in [0.5, 0.6) is 0 Å². The maximum atomic E-state index is 12.8. The summed E-state index contributed by atoms with van der Waals surface area (Å²) in [6, 6.07) is 6.89. The van der Waals surface area contributed by atoms with Crippen molar-refractivity contribution in [3.8, 4) is 0 Å². The zero-order valence-electron chi connectivity index (χ0n) is 50.7. The number of aliphatic hydroxyl groups excluding tert-OH is 4. The van der Waals surface area contributed by atoms with Crippen LogP contribution in [0.1, 0.15) is 305 Å². The minimum Gasteiger partial charge on any atom is -0.480 e. The van der Waals surface area contributed by atoms with E-state index in [-0.39, 0.29) is 44.2 Å². The number of nitrogens with zero attached hydrogens (tertiary/aromatic N) is 2. The fourth-order valence-corrected chi connectivity index (χ4v) is 11.6. The van der Waals surface area contributed by atoms with Crippen molar-refractivity contribution in [2.45, 2.75) is 336 Å². The molecule has 0 saturated carbocycles. The molecule has 0 radical (unpaired) electrons. The van der Waals surface area contributed by atoms with Gasteiger partial charge in [0.05, 0.1) is 30.5 Å².